The van der Waals surface area contributed by atoms with Crippen LogP contribution in [0.3, 0.4) is 0 Å². The summed E-state index contributed by atoms with van der Waals surface area (Å²) in [6, 6.07) is 6.73. The molecular weight excluding hydrogens is 343 g/mol. The lowest BCUT2D eigenvalue weighted by atomic mass is 9.85. The Morgan fingerprint density at radius 1 is 1.26 bits per heavy atom. The normalized spacial score (nSPS) is 16.5. The molecule has 9 heteroatoms. The summed E-state index contributed by atoms with van der Waals surface area (Å²) in [5.74, 6) is -1.26. The molecule has 1 aliphatic heterocycles. The van der Waals surface area contributed by atoms with Gasteiger partial charge in [-0.3, -0.25) is 14.8 Å². The number of benzene rings is 1. The number of H-pyrrole nitrogens is 2. The molecule has 2 heterocycles. The summed E-state index contributed by atoms with van der Waals surface area (Å²) in [5.41, 5.74) is 4.72. The van der Waals surface area contributed by atoms with Crippen LogP contribution in [0.5, 0.6) is 5.88 Å². The van der Waals surface area contributed by atoms with E-state index in [-0.39, 0.29) is 32.9 Å². The first-order chi connectivity index (χ1) is 10.9. The molecule has 0 amide bonds. The van der Waals surface area contributed by atoms with Crippen molar-refractivity contribution in [3.05, 3.63) is 71.7 Å². The summed E-state index contributed by atoms with van der Waals surface area (Å²) in [7, 11) is 0. The third-order valence-corrected chi connectivity index (χ3v) is 4.24. The summed E-state index contributed by atoms with van der Waals surface area (Å²) in [6.45, 7) is 0. The van der Waals surface area contributed by atoms with Crippen LogP contribution in [0.4, 0.5) is 0 Å². The molecule has 1 aliphatic rings. The van der Waals surface area contributed by atoms with Crippen molar-refractivity contribution in [1.29, 1.82) is 5.26 Å². The Bertz CT molecular complexity index is 1000. The lowest BCUT2D eigenvalue weighted by molar-refractivity contribution is 0.373. The highest BCUT2D eigenvalue weighted by molar-refractivity contribution is 6.42. The minimum atomic E-state index is -0.907. The molecule has 1 aromatic heterocycles. The number of allylic oxidation sites excluding steroid dienone is 1. The fourth-order valence-electron chi connectivity index (χ4n) is 2.44. The second kappa shape index (κ2) is 5.50. The number of rotatable bonds is 1. The maximum absolute atomic E-state index is 12.2. The molecule has 2 aromatic rings. The molecule has 23 heavy (non-hydrogen) atoms. The van der Waals surface area contributed by atoms with Gasteiger partial charge in [-0.25, -0.2) is 4.79 Å². The number of nitriles is 1. The van der Waals surface area contributed by atoms with Gasteiger partial charge in [-0.15, -0.1) is 0 Å². The molecule has 1 aromatic carbocycles. The van der Waals surface area contributed by atoms with E-state index in [1.54, 1.807) is 18.2 Å². The van der Waals surface area contributed by atoms with Crippen LogP contribution in [0.2, 0.25) is 10.0 Å². The van der Waals surface area contributed by atoms with E-state index < -0.39 is 17.2 Å². The molecule has 0 fully saturated rings. The molecule has 116 valence electrons. The number of aromatic nitrogens is 2. The Kier molecular flexibility index (Phi) is 3.64. The van der Waals surface area contributed by atoms with E-state index in [0.717, 1.165) is 0 Å². The Morgan fingerprint density at radius 2 is 2.00 bits per heavy atom. The number of hydrogen-bond acceptors (Lipinski definition) is 5. The van der Waals surface area contributed by atoms with Gasteiger partial charge in [0.2, 0.25) is 11.8 Å². The predicted octanol–water partition coefficient (Wildman–Crippen LogP) is 1.59. The van der Waals surface area contributed by atoms with E-state index in [2.05, 4.69) is 9.97 Å². The lowest BCUT2D eigenvalue weighted by Crippen LogP contribution is -2.33. The van der Waals surface area contributed by atoms with Crippen molar-refractivity contribution >= 4 is 23.2 Å². The van der Waals surface area contributed by atoms with Gasteiger partial charge in [-0.1, -0.05) is 35.3 Å². The highest BCUT2D eigenvalue weighted by Crippen LogP contribution is 2.42. The Morgan fingerprint density at radius 3 is 2.70 bits per heavy atom. The van der Waals surface area contributed by atoms with E-state index >= 15 is 0 Å². The van der Waals surface area contributed by atoms with Crippen LogP contribution >= 0.6 is 23.2 Å². The lowest BCUT2D eigenvalue weighted by Gasteiger charge is -2.25. The van der Waals surface area contributed by atoms with Crippen molar-refractivity contribution in [1.82, 2.24) is 9.97 Å². The van der Waals surface area contributed by atoms with Crippen LogP contribution < -0.4 is 21.7 Å². The zero-order valence-electron chi connectivity index (χ0n) is 11.3. The Balaban J connectivity index is 2.39. The number of hydrogen-bond donors (Lipinski definition) is 3. The van der Waals surface area contributed by atoms with Crippen LogP contribution in [-0.2, 0) is 0 Å². The minimum Gasteiger partial charge on any atom is -0.424 e. The maximum Gasteiger partial charge on any atom is 0.328 e. The van der Waals surface area contributed by atoms with E-state index in [1.807, 2.05) is 6.07 Å². The second-order valence-corrected chi connectivity index (χ2v) is 5.50. The summed E-state index contributed by atoms with van der Waals surface area (Å²) in [5, 5.41) is 9.83. The molecule has 7 nitrogen and oxygen atoms in total. The van der Waals surface area contributed by atoms with Crippen LogP contribution in [0, 0.1) is 11.3 Å². The summed E-state index contributed by atoms with van der Waals surface area (Å²) in [4.78, 5) is 28.1. The number of nitrogens with one attached hydrogen (secondary N) is 2. The van der Waals surface area contributed by atoms with Gasteiger partial charge in [0.1, 0.15) is 11.6 Å². The fraction of sp³-hybridized carbons (Fsp3) is 0.0714. The first kappa shape index (κ1) is 15.2. The topological polar surface area (TPSA) is 125 Å². The van der Waals surface area contributed by atoms with Crippen molar-refractivity contribution in [3.8, 4) is 11.9 Å². The van der Waals surface area contributed by atoms with E-state index in [9.17, 15) is 14.9 Å². The van der Waals surface area contributed by atoms with E-state index in [4.69, 9.17) is 33.7 Å². The molecule has 0 saturated heterocycles. The monoisotopic (exact) mass is 350 g/mol. The van der Waals surface area contributed by atoms with Gasteiger partial charge < -0.3 is 10.5 Å². The second-order valence-electron chi connectivity index (χ2n) is 4.72. The molecule has 0 radical (unpaired) electrons. The van der Waals surface area contributed by atoms with Crippen molar-refractivity contribution in [2.75, 3.05) is 0 Å². The molecule has 0 aliphatic carbocycles. The average Bonchev–Trinajstić information content (AvgIpc) is 2.48. The van der Waals surface area contributed by atoms with Crippen molar-refractivity contribution in [2.45, 2.75) is 5.92 Å². The van der Waals surface area contributed by atoms with E-state index in [0.29, 0.717) is 5.56 Å². The molecule has 3 rings (SSSR count). The average molecular weight is 351 g/mol. The SMILES string of the molecule is N#CC1=C(N)Oc2[nH]c(=O)[nH]c(=O)c2[C@@H]1c1cccc(Cl)c1Cl. The zero-order chi connectivity index (χ0) is 16.7. The van der Waals surface area contributed by atoms with Gasteiger partial charge >= 0.3 is 5.69 Å². The quantitative estimate of drug-likeness (QED) is 0.720. The smallest absolute Gasteiger partial charge is 0.328 e. The Hall–Kier alpha value is -2.69. The molecule has 0 unspecified atom stereocenters. The van der Waals surface area contributed by atoms with Gasteiger partial charge in [0.15, 0.2) is 0 Å². The third kappa shape index (κ3) is 2.38. The number of nitrogens with zero attached hydrogens (tertiary/aromatic N) is 1. The van der Waals surface area contributed by atoms with Crippen molar-refractivity contribution in [3.63, 3.8) is 0 Å². The number of ether oxygens (including phenoxy) is 1. The standard InChI is InChI=1S/C14H8Cl2N4O3/c15-7-3-1-2-5(10(7)16)8-6(4-17)11(18)23-13-9(8)12(21)19-14(22)20-13/h1-3,8H,18H2,(H2,19,20,21,22)/t8-/m1/s1. The van der Waals surface area contributed by atoms with Gasteiger partial charge in [-0.2, -0.15) is 5.26 Å². The number of aromatic amines is 2. The van der Waals surface area contributed by atoms with Crippen LogP contribution in [0.15, 0.2) is 39.2 Å². The van der Waals surface area contributed by atoms with Crippen molar-refractivity contribution < 1.29 is 4.74 Å². The Labute approximate surface area is 138 Å². The first-order valence-electron chi connectivity index (χ1n) is 6.32. The molecule has 0 spiro atoms. The first-order valence-corrected chi connectivity index (χ1v) is 7.07. The zero-order valence-corrected chi connectivity index (χ0v) is 12.8. The van der Waals surface area contributed by atoms with E-state index in [1.165, 1.54) is 0 Å². The summed E-state index contributed by atoms with van der Waals surface area (Å²) >= 11 is 12.2. The fourth-order valence-corrected chi connectivity index (χ4v) is 2.86. The van der Waals surface area contributed by atoms with Gasteiger partial charge in [-0.05, 0) is 11.6 Å². The third-order valence-electron chi connectivity index (χ3n) is 3.41. The number of fused-ring (bicyclic) bond motifs is 1. The largest absolute Gasteiger partial charge is 0.424 e. The van der Waals surface area contributed by atoms with Gasteiger partial charge in [0.05, 0.1) is 21.5 Å². The van der Waals surface area contributed by atoms with Crippen LogP contribution in [-0.4, -0.2) is 9.97 Å². The number of halogens is 2. The molecule has 0 bridgehead atoms. The molecule has 0 saturated carbocycles. The van der Waals surface area contributed by atoms with Crippen molar-refractivity contribution in [2.24, 2.45) is 5.73 Å². The van der Waals surface area contributed by atoms with Crippen LogP contribution in [0.1, 0.15) is 17.0 Å². The summed E-state index contributed by atoms with van der Waals surface area (Å²) in [6.07, 6.45) is 0. The summed E-state index contributed by atoms with van der Waals surface area (Å²) < 4.78 is 5.20. The predicted molar refractivity (Wildman–Crippen MR) is 83.4 cm³/mol. The molecule has 1 atom stereocenters. The minimum absolute atomic E-state index is 0.000726. The highest BCUT2D eigenvalue weighted by Gasteiger charge is 2.35. The highest BCUT2D eigenvalue weighted by atomic mass is 35.5. The maximum atomic E-state index is 12.2. The van der Waals surface area contributed by atoms with Crippen LogP contribution in [0.25, 0.3) is 0 Å². The van der Waals surface area contributed by atoms with Gasteiger partial charge in [0.25, 0.3) is 5.56 Å². The molecular formula is C14H8Cl2N4O3. The molecule has 4 N–H and O–H groups in total. The number of nitrogens with two attached hydrogens (primary N) is 1. The van der Waals surface area contributed by atoms with Gasteiger partial charge in [0, 0.05) is 0 Å².